The molecule has 5 nitrogen and oxygen atoms in total. The Bertz CT molecular complexity index is 421. The molecule has 2 amide bonds. The van der Waals surface area contributed by atoms with Crippen molar-refractivity contribution in [3.05, 3.63) is 35.6 Å². The average Bonchev–Trinajstić information content (AvgIpc) is 2.25. The predicted molar refractivity (Wildman–Crippen MR) is 60.6 cm³/mol. The third kappa shape index (κ3) is 4.20. The number of rotatable bonds is 4. The van der Waals surface area contributed by atoms with Gasteiger partial charge in [0.05, 0.1) is 12.1 Å². The molecule has 0 spiro atoms. The van der Waals surface area contributed by atoms with Crippen LogP contribution in [0.25, 0.3) is 0 Å². The number of amides is 2. The normalized spacial score (nSPS) is 10.1. The van der Waals surface area contributed by atoms with Gasteiger partial charge in [0.25, 0.3) is 11.8 Å². The summed E-state index contributed by atoms with van der Waals surface area (Å²) in [5, 5.41) is 3.78. The number of hydrazine groups is 1. The first-order valence-corrected chi connectivity index (χ1v) is 5.00. The number of hydrogen-bond acceptors (Lipinski definition) is 3. The number of halogens is 1. The monoisotopic (exact) mass is 239 g/mol. The first-order valence-electron chi connectivity index (χ1n) is 5.00. The Morgan fingerprint density at radius 1 is 1.29 bits per heavy atom. The van der Waals surface area contributed by atoms with Crippen molar-refractivity contribution in [1.82, 2.24) is 15.8 Å². The molecule has 0 radical (unpaired) electrons. The van der Waals surface area contributed by atoms with Gasteiger partial charge >= 0.3 is 0 Å². The lowest BCUT2D eigenvalue weighted by Crippen LogP contribution is -2.43. The topological polar surface area (TPSA) is 61.4 Å². The molecule has 6 heteroatoms. The average molecular weight is 239 g/mol. The van der Waals surface area contributed by atoms with E-state index in [-0.39, 0.29) is 18.0 Å². The quantitative estimate of drug-likeness (QED) is 0.735. The van der Waals surface area contributed by atoms with Gasteiger partial charge in [-0.05, 0) is 12.1 Å². The van der Waals surface area contributed by atoms with Crippen LogP contribution in [0.1, 0.15) is 10.4 Å². The van der Waals surface area contributed by atoms with Gasteiger partial charge in [0, 0.05) is 14.1 Å². The molecule has 0 atom stereocenters. The summed E-state index contributed by atoms with van der Waals surface area (Å²) in [4.78, 5) is 22.7. The van der Waals surface area contributed by atoms with E-state index in [0.717, 1.165) is 0 Å². The molecule has 0 fully saturated rings. The van der Waals surface area contributed by atoms with Crippen molar-refractivity contribution >= 4 is 11.8 Å². The van der Waals surface area contributed by atoms with Crippen LogP contribution in [-0.2, 0) is 4.79 Å². The number of hydrogen-bond donors (Lipinski definition) is 2. The zero-order valence-corrected chi connectivity index (χ0v) is 9.66. The van der Waals surface area contributed by atoms with Gasteiger partial charge in [-0.3, -0.25) is 15.0 Å². The summed E-state index contributed by atoms with van der Waals surface area (Å²) in [7, 11) is 3.30. The molecule has 0 heterocycles. The number of nitrogens with one attached hydrogen (secondary N) is 2. The second-order valence-corrected chi connectivity index (χ2v) is 3.59. The molecule has 2 N–H and O–H groups in total. The third-order valence-corrected chi connectivity index (χ3v) is 1.88. The van der Waals surface area contributed by atoms with Crippen LogP contribution >= 0.6 is 0 Å². The first kappa shape index (κ1) is 13.1. The Morgan fingerprint density at radius 2 is 1.94 bits per heavy atom. The maximum Gasteiger partial charge on any atom is 0.254 e. The number of carbonyl (C=O) groups is 2. The van der Waals surface area contributed by atoms with E-state index in [1.54, 1.807) is 20.2 Å². The molecule has 0 aliphatic rings. The molecule has 1 aromatic rings. The largest absolute Gasteiger partial charge is 0.343 e. The van der Waals surface area contributed by atoms with E-state index in [9.17, 15) is 14.0 Å². The lowest BCUT2D eigenvalue weighted by molar-refractivity contribution is -0.123. The predicted octanol–water partition coefficient (Wildman–Crippen LogP) is 0.148. The van der Waals surface area contributed by atoms with E-state index in [1.807, 2.05) is 0 Å². The summed E-state index contributed by atoms with van der Waals surface area (Å²) in [6.45, 7) is -0.203. The zero-order chi connectivity index (χ0) is 12.8. The number of nitrogens with zero attached hydrogens (tertiary/aromatic N) is 1. The minimum Gasteiger partial charge on any atom is -0.343 e. The molecule has 0 aliphatic heterocycles. The SMILES string of the molecule is CN(C)NC(=O)CNC(=O)c1ccccc1F. The van der Waals surface area contributed by atoms with Crippen LogP contribution in [0.2, 0.25) is 0 Å². The Labute approximate surface area is 98.6 Å². The van der Waals surface area contributed by atoms with Crippen LogP contribution in [0.4, 0.5) is 4.39 Å². The van der Waals surface area contributed by atoms with Gasteiger partial charge in [0.15, 0.2) is 0 Å². The smallest absolute Gasteiger partial charge is 0.254 e. The van der Waals surface area contributed by atoms with Crippen molar-refractivity contribution in [1.29, 1.82) is 0 Å². The second-order valence-electron chi connectivity index (χ2n) is 3.59. The lowest BCUT2D eigenvalue weighted by atomic mass is 10.2. The van der Waals surface area contributed by atoms with Gasteiger partial charge in [0.1, 0.15) is 5.82 Å². The van der Waals surface area contributed by atoms with Crippen molar-refractivity contribution in [2.24, 2.45) is 0 Å². The standard InChI is InChI=1S/C11H14FN3O2/c1-15(2)14-10(16)7-13-11(17)8-5-3-4-6-9(8)12/h3-6H,7H2,1-2H3,(H,13,17)(H,14,16). The van der Waals surface area contributed by atoms with Crippen LogP contribution in [0.15, 0.2) is 24.3 Å². The molecule has 1 aromatic carbocycles. The Balaban J connectivity index is 2.51. The molecule has 0 bridgehead atoms. The lowest BCUT2D eigenvalue weighted by Gasteiger charge is -2.12. The fourth-order valence-electron chi connectivity index (χ4n) is 1.19. The number of carbonyl (C=O) groups excluding carboxylic acids is 2. The van der Waals surface area contributed by atoms with Crippen LogP contribution in [0, 0.1) is 5.82 Å². The molecule has 92 valence electrons. The fourth-order valence-corrected chi connectivity index (χ4v) is 1.19. The Morgan fingerprint density at radius 3 is 2.53 bits per heavy atom. The van der Waals surface area contributed by atoms with E-state index < -0.39 is 11.7 Å². The van der Waals surface area contributed by atoms with E-state index in [4.69, 9.17) is 0 Å². The molecular formula is C11H14FN3O2. The minimum absolute atomic E-state index is 0.0786. The Kier molecular flexibility index (Phi) is 4.59. The van der Waals surface area contributed by atoms with E-state index in [2.05, 4.69) is 10.7 Å². The minimum atomic E-state index is -0.614. The highest BCUT2D eigenvalue weighted by atomic mass is 19.1. The molecule has 0 saturated carbocycles. The third-order valence-electron chi connectivity index (χ3n) is 1.88. The highest BCUT2D eigenvalue weighted by molar-refractivity contribution is 5.96. The number of benzene rings is 1. The fraction of sp³-hybridized carbons (Fsp3) is 0.273. The van der Waals surface area contributed by atoms with Crippen LogP contribution in [0.5, 0.6) is 0 Å². The second kappa shape index (κ2) is 5.95. The van der Waals surface area contributed by atoms with Crippen molar-refractivity contribution in [2.75, 3.05) is 20.6 Å². The van der Waals surface area contributed by atoms with Crippen LogP contribution in [0.3, 0.4) is 0 Å². The van der Waals surface area contributed by atoms with Gasteiger partial charge in [-0.15, -0.1) is 0 Å². The van der Waals surface area contributed by atoms with E-state index in [1.165, 1.54) is 23.2 Å². The van der Waals surface area contributed by atoms with Crippen molar-refractivity contribution in [3.63, 3.8) is 0 Å². The molecule has 0 unspecified atom stereocenters. The van der Waals surface area contributed by atoms with Gasteiger partial charge < -0.3 is 5.32 Å². The van der Waals surface area contributed by atoms with Gasteiger partial charge in [-0.2, -0.15) is 0 Å². The van der Waals surface area contributed by atoms with E-state index in [0.29, 0.717) is 0 Å². The molecule has 17 heavy (non-hydrogen) atoms. The van der Waals surface area contributed by atoms with Crippen LogP contribution < -0.4 is 10.7 Å². The molecule has 0 aromatic heterocycles. The maximum atomic E-state index is 13.2. The summed E-state index contributed by atoms with van der Waals surface area (Å²) in [5.41, 5.74) is 2.37. The molecular weight excluding hydrogens is 225 g/mol. The van der Waals surface area contributed by atoms with Crippen molar-refractivity contribution < 1.29 is 14.0 Å². The molecule has 0 saturated heterocycles. The van der Waals surface area contributed by atoms with Gasteiger partial charge in [-0.1, -0.05) is 12.1 Å². The highest BCUT2D eigenvalue weighted by Gasteiger charge is 2.11. The summed E-state index contributed by atoms with van der Waals surface area (Å²) in [6, 6.07) is 5.59. The zero-order valence-electron chi connectivity index (χ0n) is 9.66. The molecule has 1 rings (SSSR count). The van der Waals surface area contributed by atoms with E-state index >= 15 is 0 Å². The summed E-state index contributed by atoms with van der Waals surface area (Å²) >= 11 is 0. The summed E-state index contributed by atoms with van der Waals surface area (Å²) in [6.07, 6.45) is 0. The maximum absolute atomic E-state index is 13.2. The Hall–Kier alpha value is -1.95. The first-order chi connectivity index (χ1) is 8.00. The van der Waals surface area contributed by atoms with Crippen LogP contribution in [-0.4, -0.2) is 37.5 Å². The van der Waals surface area contributed by atoms with Crippen molar-refractivity contribution in [2.45, 2.75) is 0 Å². The summed E-state index contributed by atoms with van der Waals surface area (Å²) in [5.74, 6) is -1.60. The molecule has 0 aliphatic carbocycles. The summed E-state index contributed by atoms with van der Waals surface area (Å²) < 4.78 is 13.2. The van der Waals surface area contributed by atoms with Crippen molar-refractivity contribution in [3.8, 4) is 0 Å². The highest BCUT2D eigenvalue weighted by Crippen LogP contribution is 2.05. The van der Waals surface area contributed by atoms with Gasteiger partial charge in [-0.25, -0.2) is 9.40 Å². The van der Waals surface area contributed by atoms with Gasteiger partial charge in [0.2, 0.25) is 0 Å².